The van der Waals surface area contributed by atoms with Gasteiger partial charge < -0.3 is 10.2 Å². The zero-order valence-electron chi connectivity index (χ0n) is 14.3. The van der Waals surface area contributed by atoms with E-state index in [0.717, 1.165) is 30.8 Å². The first-order valence-corrected chi connectivity index (χ1v) is 8.63. The van der Waals surface area contributed by atoms with E-state index in [0.29, 0.717) is 17.4 Å². The number of carbonyl (C=O) groups is 1. The normalized spacial score (nSPS) is 18.0. The number of rotatable bonds is 4. The second-order valence-electron chi connectivity index (χ2n) is 6.13. The molecule has 1 unspecified atom stereocenters. The first kappa shape index (κ1) is 17.6. The third-order valence-corrected chi connectivity index (χ3v) is 4.39. The summed E-state index contributed by atoms with van der Waals surface area (Å²) in [5.41, 5.74) is 1.85. The van der Waals surface area contributed by atoms with Crippen LogP contribution in [0.5, 0.6) is 0 Å². The summed E-state index contributed by atoms with van der Waals surface area (Å²) in [5, 5.41) is 16.0. The van der Waals surface area contributed by atoms with Crippen molar-refractivity contribution in [3.63, 3.8) is 0 Å². The Morgan fingerprint density at radius 3 is 3.04 bits per heavy atom. The van der Waals surface area contributed by atoms with Gasteiger partial charge in [0.25, 0.3) is 0 Å². The molecule has 0 saturated carbocycles. The summed E-state index contributed by atoms with van der Waals surface area (Å²) >= 11 is 6.12. The van der Waals surface area contributed by atoms with Gasteiger partial charge in [0.05, 0.1) is 6.54 Å². The van der Waals surface area contributed by atoms with Gasteiger partial charge in [-0.05, 0) is 48.4 Å². The molecule has 2 heterocycles. The van der Waals surface area contributed by atoms with Crippen molar-refractivity contribution in [3.05, 3.63) is 46.2 Å². The van der Waals surface area contributed by atoms with E-state index in [2.05, 4.69) is 20.7 Å². The number of hydrogen-bond acceptors (Lipinski definition) is 5. The predicted octanol–water partition coefficient (Wildman–Crippen LogP) is 1.52. The summed E-state index contributed by atoms with van der Waals surface area (Å²) in [7, 11) is 0. The highest BCUT2D eigenvalue weighted by Crippen LogP contribution is 2.18. The number of nitrogens with zero attached hydrogens (tertiary/aromatic N) is 5. The molecule has 1 aromatic heterocycles. The van der Waals surface area contributed by atoms with Crippen LogP contribution in [-0.4, -0.2) is 56.7 Å². The molecule has 0 spiro atoms. The summed E-state index contributed by atoms with van der Waals surface area (Å²) in [4.78, 5) is 15.9. The minimum absolute atomic E-state index is 0.0182. The van der Waals surface area contributed by atoms with E-state index in [-0.39, 0.29) is 11.9 Å². The fourth-order valence-corrected chi connectivity index (χ4v) is 3.04. The van der Waals surface area contributed by atoms with E-state index in [1.165, 1.54) is 4.80 Å². The van der Waals surface area contributed by atoms with Gasteiger partial charge in [0.2, 0.25) is 5.91 Å². The number of nitrogens with one attached hydrogen (secondary N) is 1. The molecular weight excluding hydrogens is 340 g/mol. The fraction of sp³-hybridized carbons (Fsp3) is 0.412. The second kappa shape index (κ2) is 7.76. The molecule has 1 aromatic carbocycles. The van der Waals surface area contributed by atoms with Crippen LogP contribution in [0.4, 0.5) is 0 Å². The van der Waals surface area contributed by atoms with E-state index in [1.54, 1.807) is 13.0 Å². The minimum Gasteiger partial charge on any atom is -0.334 e. The van der Waals surface area contributed by atoms with Gasteiger partial charge in [-0.15, -0.1) is 10.2 Å². The molecular formula is C17H21ClN6O. The van der Waals surface area contributed by atoms with Crippen molar-refractivity contribution < 1.29 is 4.79 Å². The summed E-state index contributed by atoms with van der Waals surface area (Å²) in [5.74, 6) is 0.631. The number of hydrogen-bond donors (Lipinski definition) is 1. The molecule has 0 radical (unpaired) electrons. The third-order valence-electron chi connectivity index (χ3n) is 4.16. The second-order valence-corrected chi connectivity index (χ2v) is 6.56. The van der Waals surface area contributed by atoms with Crippen molar-refractivity contribution in [3.8, 4) is 0 Å². The predicted molar refractivity (Wildman–Crippen MR) is 96.2 cm³/mol. The van der Waals surface area contributed by atoms with Gasteiger partial charge in [0.1, 0.15) is 0 Å². The molecule has 3 rings (SSSR count). The molecule has 2 aromatic rings. The van der Waals surface area contributed by atoms with Crippen LogP contribution in [0.15, 0.2) is 24.3 Å². The van der Waals surface area contributed by atoms with Gasteiger partial charge >= 0.3 is 0 Å². The standard InChI is InChI=1S/C17H21ClN6O/c1-12-10-19-7-8-23(12)17(25)6-4-14-3-5-16(18)9-15(14)11-24-21-13(2)20-22-24/h3-6,9,12,19H,7-8,10-11H2,1-2H3/b6-4+. The van der Waals surface area contributed by atoms with Gasteiger partial charge in [-0.1, -0.05) is 17.7 Å². The van der Waals surface area contributed by atoms with Gasteiger partial charge in [0.15, 0.2) is 5.82 Å². The molecule has 1 N–H and O–H groups in total. The Bertz CT molecular complexity index is 787. The molecule has 1 fully saturated rings. The molecule has 1 amide bonds. The van der Waals surface area contributed by atoms with Gasteiger partial charge in [-0.2, -0.15) is 4.80 Å². The monoisotopic (exact) mass is 360 g/mol. The van der Waals surface area contributed by atoms with Gasteiger partial charge in [-0.25, -0.2) is 0 Å². The fourth-order valence-electron chi connectivity index (χ4n) is 2.84. The number of piperazine rings is 1. The van der Waals surface area contributed by atoms with Crippen molar-refractivity contribution in [2.45, 2.75) is 26.4 Å². The quantitative estimate of drug-likeness (QED) is 0.836. The maximum atomic E-state index is 12.5. The Morgan fingerprint density at radius 1 is 1.48 bits per heavy atom. The Kier molecular flexibility index (Phi) is 5.45. The summed E-state index contributed by atoms with van der Waals surface area (Å²) in [6.07, 6.45) is 3.45. The lowest BCUT2D eigenvalue weighted by molar-refractivity contribution is -0.128. The van der Waals surface area contributed by atoms with Crippen LogP contribution in [0.1, 0.15) is 23.9 Å². The van der Waals surface area contributed by atoms with Crippen molar-refractivity contribution in [1.29, 1.82) is 0 Å². The SMILES string of the molecule is Cc1nnn(Cc2cc(Cl)ccc2/C=C/C(=O)N2CCNCC2C)n1. The van der Waals surface area contributed by atoms with Crippen LogP contribution in [0.3, 0.4) is 0 Å². The zero-order valence-corrected chi connectivity index (χ0v) is 15.1. The van der Waals surface area contributed by atoms with E-state index in [9.17, 15) is 4.79 Å². The van der Waals surface area contributed by atoms with E-state index in [4.69, 9.17) is 11.6 Å². The molecule has 7 nitrogen and oxygen atoms in total. The van der Waals surface area contributed by atoms with Gasteiger partial charge in [-0.3, -0.25) is 4.79 Å². The lowest BCUT2D eigenvalue weighted by Gasteiger charge is -2.33. The number of amides is 1. The lowest BCUT2D eigenvalue weighted by atomic mass is 10.1. The van der Waals surface area contributed by atoms with Crippen LogP contribution in [0.2, 0.25) is 5.02 Å². The number of halogens is 1. The zero-order chi connectivity index (χ0) is 17.8. The minimum atomic E-state index is 0.0182. The first-order chi connectivity index (χ1) is 12.0. The number of aromatic nitrogens is 4. The lowest BCUT2D eigenvalue weighted by Crippen LogP contribution is -2.51. The molecule has 25 heavy (non-hydrogen) atoms. The highest BCUT2D eigenvalue weighted by Gasteiger charge is 2.20. The largest absolute Gasteiger partial charge is 0.334 e. The molecule has 132 valence electrons. The Morgan fingerprint density at radius 2 is 2.32 bits per heavy atom. The third kappa shape index (κ3) is 4.43. The van der Waals surface area contributed by atoms with Crippen molar-refractivity contribution in [2.75, 3.05) is 19.6 Å². The molecule has 1 aliphatic rings. The highest BCUT2D eigenvalue weighted by atomic mass is 35.5. The smallest absolute Gasteiger partial charge is 0.246 e. The van der Waals surface area contributed by atoms with Crippen LogP contribution in [0, 0.1) is 6.92 Å². The van der Waals surface area contributed by atoms with E-state index in [1.807, 2.05) is 36.1 Å². The number of aryl methyl sites for hydroxylation is 1. The number of tetrazole rings is 1. The first-order valence-electron chi connectivity index (χ1n) is 8.25. The molecule has 1 aliphatic heterocycles. The number of carbonyl (C=O) groups excluding carboxylic acids is 1. The Labute approximate surface area is 151 Å². The van der Waals surface area contributed by atoms with Crippen LogP contribution in [-0.2, 0) is 11.3 Å². The summed E-state index contributed by atoms with van der Waals surface area (Å²) in [6.45, 7) is 6.65. The molecule has 0 bridgehead atoms. The van der Waals surface area contributed by atoms with Crippen LogP contribution in [0.25, 0.3) is 6.08 Å². The summed E-state index contributed by atoms with van der Waals surface area (Å²) in [6, 6.07) is 5.75. The van der Waals surface area contributed by atoms with Crippen molar-refractivity contribution in [1.82, 2.24) is 30.4 Å². The molecule has 0 aliphatic carbocycles. The average Bonchev–Trinajstić information content (AvgIpc) is 2.99. The van der Waals surface area contributed by atoms with E-state index >= 15 is 0 Å². The van der Waals surface area contributed by atoms with E-state index < -0.39 is 0 Å². The average molecular weight is 361 g/mol. The topological polar surface area (TPSA) is 75.9 Å². The number of benzene rings is 1. The summed E-state index contributed by atoms with van der Waals surface area (Å²) < 4.78 is 0. The van der Waals surface area contributed by atoms with Crippen molar-refractivity contribution >= 4 is 23.6 Å². The van der Waals surface area contributed by atoms with Crippen molar-refractivity contribution in [2.24, 2.45) is 0 Å². The maximum absolute atomic E-state index is 12.5. The molecule has 1 atom stereocenters. The van der Waals surface area contributed by atoms with Gasteiger partial charge in [0, 0.05) is 36.8 Å². The highest BCUT2D eigenvalue weighted by molar-refractivity contribution is 6.30. The van der Waals surface area contributed by atoms with Crippen LogP contribution >= 0.6 is 11.6 Å². The molecule has 1 saturated heterocycles. The Balaban J connectivity index is 1.78. The van der Waals surface area contributed by atoms with Crippen LogP contribution < -0.4 is 5.32 Å². The Hall–Kier alpha value is -2.25. The maximum Gasteiger partial charge on any atom is 0.246 e. The molecule has 8 heteroatoms.